The number of halogens is 2. The van der Waals surface area contributed by atoms with E-state index in [0.29, 0.717) is 22.5 Å². The summed E-state index contributed by atoms with van der Waals surface area (Å²) in [7, 11) is 0. The van der Waals surface area contributed by atoms with Gasteiger partial charge in [0.1, 0.15) is 10.7 Å². The highest BCUT2D eigenvalue weighted by molar-refractivity contribution is 7.18. The van der Waals surface area contributed by atoms with Crippen molar-refractivity contribution in [3.05, 3.63) is 60.4 Å². The first-order valence-corrected chi connectivity index (χ1v) is 9.97. The van der Waals surface area contributed by atoms with E-state index in [1.807, 2.05) is 13.0 Å². The molecule has 0 aliphatic heterocycles. The van der Waals surface area contributed by atoms with Crippen molar-refractivity contribution in [2.24, 2.45) is 5.92 Å². The lowest BCUT2D eigenvalue weighted by Gasteiger charge is -2.17. The number of hydrogen-bond donors (Lipinski definition) is 0. The van der Waals surface area contributed by atoms with Gasteiger partial charge in [-0.05, 0) is 55.4 Å². The fraction of sp³-hybridized carbons (Fsp3) is 0.368. The van der Waals surface area contributed by atoms with Gasteiger partial charge in [0.05, 0.1) is 11.9 Å². The van der Waals surface area contributed by atoms with Gasteiger partial charge >= 0.3 is 0 Å². The monoisotopic (exact) mass is 392 g/mol. The van der Waals surface area contributed by atoms with Crippen molar-refractivity contribution in [1.82, 2.24) is 9.55 Å². The van der Waals surface area contributed by atoms with Gasteiger partial charge in [0.15, 0.2) is 0 Å². The van der Waals surface area contributed by atoms with Crippen molar-refractivity contribution in [1.29, 1.82) is 0 Å². The Hall–Kier alpha value is -1.36. The van der Waals surface area contributed by atoms with Crippen molar-refractivity contribution in [3.63, 3.8) is 0 Å². The summed E-state index contributed by atoms with van der Waals surface area (Å²) in [6.07, 6.45) is 3.16. The van der Waals surface area contributed by atoms with Gasteiger partial charge < -0.3 is 0 Å². The molecule has 1 unspecified atom stereocenters. The molecular formula is C19H18Cl2N2OS. The normalized spacial score (nSPS) is 17.0. The maximum atomic E-state index is 13.2. The second-order valence-electron chi connectivity index (χ2n) is 6.82. The number of aryl methyl sites for hydroxylation is 2. The molecule has 0 N–H and O–H groups in total. The molecule has 130 valence electrons. The highest BCUT2D eigenvalue weighted by atomic mass is 35.5. The van der Waals surface area contributed by atoms with Crippen LogP contribution < -0.4 is 5.56 Å². The standard InChI is InChI=1S/C19H18Cl2N2OS/c1-10-3-6-14-16(7-10)25-18-17(14)19(24)23(11(2)22-18)9-12-4-5-13(20)8-15(12)21/h4-5,8,10H,3,6-7,9H2,1-2H3. The Kier molecular flexibility index (Phi) is 4.38. The molecule has 0 amide bonds. The van der Waals surface area contributed by atoms with E-state index >= 15 is 0 Å². The first kappa shape index (κ1) is 17.1. The van der Waals surface area contributed by atoms with Crippen LogP contribution in [0.4, 0.5) is 0 Å². The molecule has 1 aromatic carbocycles. The molecule has 0 saturated carbocycles. The molecule has 0 fully saturated rings. The average Bonchev–Trinajstić information content (AvgIpc) is 2.90. The lowest BCUT2D eigenvalue weighted by Crippen LogP contribution is -2.25. The van der Waals surface area contributed by atoms with Crippen LogP contribution in [0.1, 0.15) is 35.2 Å². The summed E-state index contributed by atoms with van der Waals surface area (Å²) < 4.78 is 1.72. The fourth-order valence-corrected chi connectivity index (χ4v) is 5.42. The number of rotatable bonds is 2. The lowest BCUT2D eigenvalue weighted by atomic mass is 9.89. The molecule has 2 aromatic heterocycles. The van der Waals surface area contributed by atoms with Crippen LogP contribution in [0.5, 0.6) is 0 Å². The van der Waals surface area contributed by atoms with Crippen LogP contribution >= 0.6 is 34.5 Å². The first-order valence-electron chi connectivity index (χ1n) is 8.39. The van der Waals surface area contributed by atoms with Crippen LogP contribution in [0.2, 0.25) is 10.0 Å². The SMILES string of the molecule is Cc1nc2sc3c(c2c(=O)n1Cc1ccc(Cl)cc1Cl)CCC(C)C3. The summed E-state index contributed by atoms with van der Waals surface area (Å²) in [6, 6.07) is 5.37. The minimum absolute atomic E-state index is 0.0422. The highest BCUT2D eigenvalue weighted by Gasteiger charge is 2.24. The summed E-state index contributed by atoms with van der Waals surface area (Å²) >= 11 is 14.0. The zero-order chi connectivity index (χ0) is 17.7. The van der Waals surface area contributed by atoms with E-state index in [2.05, 4.69) is 6.92 Å². The molecule has 0 bridgehead atoms. The van der Waals surface area contributed by atoms with Gasteiger partial charge in [0, 0.05) is 14.9 Å². The minimum atomic E-state index is 0.0422. The summed E-state index contributed by atoms with van der Waals surface area (Å²) in [4.78, 5) is 20.1. The van der Waals surface area contributed by atoms with E-state index in [1.165, 1.54) is 10.4 Å². The highest BCUT2D eigenvalue weighted by Crippen LogP contribution is 2.36. The number of benzene rings is 1. The van der Waals surface area contributed by atoms with Gasteiger partial charge in [-0.2, -0.15) is 0 Å². The third kappa shape index (κ3) is 3.01. The smallest absolute Gasteiger partial charge is 0.262 e. The molecule has 4 rings (SSSR count). The zero-order valence-corrected chi connectivity index (χ0v) is 16.4. The Bertz CT molecular complexity index is 1040. The van der Waals surface area contributed by atoms with Crippen molar-refractivity contribution in [2.75, 3.05) is 0 Å². The predicted octanol–water partition coefficient (Wildman–Crippen LogP) is 5.25. The Balaban J connectivity index is 1.86. The summed E-state index contributed by atoms with van der Waals surface area (Å²) in [5.74, 6) is 1.40. The van der Waals surface area contributed by atoms with E-state index in [0.717, 1.165) is 40.9 Å². The van der Waals surface area contributed by atoms with Crippen LogP contribution in [0.15, 0.2) is 23.0 Å². The molecular weight excluding hydrogens is 375 g/mol. The molecule has 6 heteroatoms. The van der Waals surface area contributed by atoms with E-state index in [4.69, 9.17) is 28.2 Å². The van der Waals surface area contributed by atoms with E-state index in [9.17, 15) is 4.79 Å². The average molecular weight is 393 g/mol. The molecule has 2 heterocycles. The fourth-order valence-electron chi connectivity index (χ4n) is 3.53. The number of hydrogen-bond acceptors (Lipinski definition) is 3. The summed E-state index contributed by atoms with van der Waals surface area (Å²) in [5.41, 5.74) is 2.13. The van der Waals surface area contributed by atoms with Crippen molar-refractivity contribution < 1.29 is 0 Å². The lowest BCUT2D eigenvalue weighted by molar-refractivity contribution is 0.509. The molecule has 0 spiro atoms. The van der Waals surface area contributed by atoms with Crippen LogP contribution in [0.3, 0.4) is 0 Å². The second-order valence-corrected chi connectivity index (χ2v) is 8.75. The van der Waals surface area contributed by atoms with Crippen molar-refractivity contribution in [2.45, 2.75) is 39.7 Å². The third-order valence-electron chi connectivity index (χ3n) is 4.95. The second kappa shape index (κ2) is 6.42. The van der Waals surface area contributed by atoms with Gasteiger partial charge in [-0.1, -0.05) is 36.2 Å². The summed E-state index contributed by atoms with van der Waals surface area (Å²) in [5, 5.41) is 1.97. The quantitative estimate of drug-likeness (QED) is 0.596. The molecule has 1 aliphatic rings. The maximum Gasteiger partial charge on any atom is 0.262 e. The third-order valence-corrected chi connectivity index (χ3v) is 6.68. The number of fused-ring (bicyclic) bond motifs is 3. The molecule has 25 heavy (non-hydrogen) atoms. The largest absolute Gasteiger partial charge is 0.292 e. The van der Waals surface area contributed by atoms with Gasteiger partial charge in [-0.3, -0.25) is 9.36 Å². The van der Waals surface area contributed by atoms with Crippen LogP contribution in [0.25, 0.3) is 10.2 Å². The Morgan fingerprint density at radius 2 is 2.16 bits per heavy atom. The molecule has 3 aromatic rings. The Morgan fingerprint density at radius 3 is 2.92 bits per heavy atom. The van der Waals surface area contributed by atoms with Gasteiger partial charge in [0.2, 0.25) is 0 Å². The van der Waals surface area contributed by atoms with E-state index < -0.39 is 0 Å². The molecule has 0 radical (unpaired) electrons. The Morgan fingerprint density at radius 1 is 1.36 bits per heavy atom. The van der Waals surface area contributed by atoms with Crippen molar-refractivity contribution in [3.8, 4) is 0 Å². The maximum absolute atomic E-state index is 13.2. The topological polar surface area (TPSA) is 34.9 Å². The van der Waals surface area contributed by atoms with Crippen LogP contribution in [0, 0.1) is 12.8 Å². The predicted molar refractivity (Wildman–Crippen MR) is 105 cm³/mol. The number of nitrogens with zero attached hydrogens (tertiary/aromatic N) is 2. The molecule has 1 aliphatic carbocycles. The molecule has 3 nitrogen and oxygen atoms in total. The Labute approximate surface area is 160 Å². The van der Waals surface area contributed by atoms with Gasteiger partial charge in [-0.15, -0.1) is 11.3 Å². The van der Waals surface area contributed by atoms with Gasteiger partial charge in [-0.25, -0.2) is 4.98 Å². The minimum Gasteiger partial charge on any atom is -0.292 e. The molecule has 0 saturated heterocycles. The van der Waals surface area contributed by atoms with Crippen molar-refractivity contribution >= 4 is 44.8 Å². The van der Waals surface area contributed by atoms with Crippen LogP contribution in [-0.2, 0) is 19.4 Å². The van der Waals surface area contributed by atoms with E-state index in [1.54, 1.807) is 28.0 Å². The summed E-state index contributed by atoms with van der Waals surface area (Å²) in [6.45, 7) is 4.56. The number of aromatic nitrogens is 2. The molecule has 1 atom stereocenters. The number of thiophene rings is 1. The zero-order valence-electron chi connectivity index (χ0n) is 14.1. The van der Waals surface area contributed by atoms with Crippen LogP contribution in [-0.4, -0.2) is 9.55 Å². The van der Waals surface area contributed by atoms with Gasteiger partial charge in [0.25, 0.3) is 5.56 Å². The van der Waals surface area contributed by atoms with E-state index in [-0.39, 0.29) is 5.56 Å². The first-order chi connectivity index (χ1) is 11.9.